The molecule has 0 aliphatic rings. The van der Waals surface area contributed by atoms with Crippen molar-refractivity contribution in [2.24, 2.45) is 4.99 Å². The molecule has 0 saturated carbocycles. The van der Waals surface area contributed by atoms with Gasteiger partial charge in [-0.1, -0.05) is 17.7 Å². The molecule has 6 nitrogen and oxygen atoms in total. The van der Waals surface area contributed by atoms with E-state index in [0.717, 1.165) is 12.3 Å². The van der Waals surface area contributed by atoms with Crippen LogP contribution in [-0.4, -0.2) is 44.7 Å². The molecule has 0 fully saturated rings. The van der Waals surface area contributed by atoms with Crippen LogP contribution < -0.4 is 20.7 Å². The molecule has 23 heavy (non-hydrogen) atoms. The zero-order valence-corrected chi connectivity index (χ0v) is 16.3. The largest absolute Gasteiger partial charge is 0.492 e. The summed E-state index contributed by atoms with van der Waals surface area (Å²) in [6.45, 7) is 8.49. The first kappa shape index (κ1) is 21.5. The van der Waals surface area contributed by atoms with Gasteiger partial charge >= 0.3 is 0 Å². The van der Waals surface area contributed by atoms with Crippen LogP contribution in [0.15, 0.2) is 29.3 Å². The SMILES string of the molecule is CCNC(=O)CN=C(NCC)NCCOc1ccc(C)cc1.I. The summed E-state index contributed by atoms with van der Waals surface area (Å²) in [6.07, 6.45) is 0. The molecule has 1 aromatic rings. The van der Waals surface area contributed by atoms with Gasteiger partial charge in [0.05, 0.1) is 6.54 Å². The quantitative estimate of drug-likeness (QED) is 0.252. The average Bonchev–Trinajstić information content (AvgIpc) is 2.51. The van der Waals surface area contributed by atoms with Crippen LogP contribution in [0, 0.1) is 6.92 Å². The lowest BCUT2D eigenvalue weighted by Gasteiger charge is -2.12. The average molecular weight is 434 g/mol. The van der Waals surface area contributed by atoms with Crippen molar-refractivity contribution < 1.29 is 9.53 Å². The maximum atomic E-state index is 11.4. The van der Waals surface area contributed by atoms with E-state index in [1.165, 1.54) is 5.56 Å². The molecule has 0 spiro atoms. The van der Waals surface area contributed by atoms with Gasteiger partial charge < -0.3 is 20.7 Å². The second kappa shape index (κ2) is 13.0. The maximum Gasteiger partial charge on any atom is 0.241 e. The smallest absolute Gasteiger partial charge is 0.241 e. The van der Waals surface area contributed by atoms with E-state index < -0.39 is 0 Å². The van der Waals surface area contributed by atoms with Crippen molar-refractivity contribution in [3.05, 3.63) is 29.8 Å². The van der Waals surface area contributed by atoms with Crippen molar-refractivity contribution in [1.29, 1.82) is 0 Å². The third-order valence-corrected chi connectivity index (χ3v) is 2.78. The molecule has 0 aromatic heterocycles. The minimum Gasteiger partial charge on any atom is -0.492 e. The van der Waals surface area contributed by atoms with Crippen molar-refractivity contribution in [2.45, 2.75) is 20.8 Å². The fourth-order valence-electron chi connectivity index (χ4n) is 1.72. The predicted molar refractivity (Wildman–Crippen MR) is 105 cm³/mol. The first-order valence-corrected chi connectivity index (χ1v) is 7.64. The molecule has 7 heteroatoms. The van der Waals surface area contributed by atoms with Crippen LogP contribution in [0.1, 0.15) is 19.4 Å². The van der Waals surface area contributed by atoms with Gasteiger partial charge in [0.1, 0.15) is 18.9 Å². The summed E-state index contributed by atoms with van der Waals surface area (Å²) in [5.41, 5.74) is 1.21. The van der Waals surface area contributed by atoms with E-state index in [4.69, 9.17) is 4.74 Å². The topological polar surface area (TPSA) is 74.8 Å². The molecule has 0 saturated heterocycles. The number of halogens is 1. The molecule has 1 amide bonds. The van der Waals surface area contributed by atoms with E-state index in [9.17, 15) is 4.79 Å². The van der Waals surface area contributed by atoms with Gasteiger partial charge in [0.15, 0.2) is 5.96 Å². The number of nitrogens with zero attached hydrogens (tertiary/aromatic N) is 1. The molecule has 0 unspecified atom stereocenters. The fraction of sp³-hybridized carbons (Fsp3) is 0.500. The number of carbonyl (C=O) groups excluding carboxylic acids is 1. The number of guanidine groups is 1. The van der Waals surface area contributed by atoms with Gasteiger partial charge in [0, 0.05) is 13.1 Å². The number of aryl methyl sites for hydroxylation is 1. The van der Waals surface area contributed by atoms with E-state index in [1.54, 1.807) is 0 Å². The van der Waals surface area contributed by atoms with Crippen molar-refractivity contribution in [3.8, 4) is 5.75 Å². The van der Waals surface area contributed by atoms with Crippen LogP contribution in [0.4, 0.5) is 0 Å². The second-order valence-corrected chi connectivity index (χ2v) is 4.74. The summed E-state index contributed by atoms with van der Waals surface area (Å²) in [5.74, 6) is 1.37. The Hall–Kier alpha value is -1.51. The van der Waals surface area contributed by atoms with Crippen molar-refractivity contribution >= 4 is 35.8 Å². The number of hydrogen-bond donors (Lipinski definition) is 3. The monoisotopic (exact) mass is 434 g/mol. The number of benzene rings is 1. The first-order valence-electron chi connectivity index (χ1n) is 7.64. The molecule has 0 heterocycles. The zero-order chi connectivity index (χ0) is 16.2. The Bertz CT molecular complexity index is 477. The number of carbonyl (C=O) groups is 1. The highest BCUT2D eigenvalue weighted by molar-refractivity contribution is 14.0. The van der Waals surface area contributed by atoms with Crippen LogP contribution in [0.2, 0.25) is 0 Å². The molecule has 0 bridgehead atoms. The van der Waals surface area contributed by atoms with E-state index in [2.05, 4.69) is 20.9 Å². The summed E-state index contributed by atoms with van der Waals surface area (Å²) in [7, 11) is 0. The van der Waals surface area contributed by atoms with E-state index in [-0.39, 0.29) is 36.4 Å². The van der Waals surface area contributed by atoms with Gasteiger partial charge in [-0.05, 0) is 32.9 Å². The highest BCUT2D eigenvalue weighted by atomic mass is 127. The first-order chi connectivity index (χ1) is 10.7. The summed E-state index contributed by atoms with van der Waals surface area (Å²) < 4.78 is 5.63. The van der Waals surface area contributed by atoms with E-state index in [1.807, 2.05) is 45.0 Å². The molecule has 130 valence electrons. The normalized spacial score (nSPS) is 10.5. The van der Waals surface area contributed by atoms with Crippen LogP contribution >= 0.6 is 24.0 Å². The lowest BCUT2D eigenvalue weighted by atomic mass is 10.2. The van der Waals surface area contributed by atoms with Crippen LogP contribution in [0.25, 0.3) is 0 Å². The minimum atomic E-state index is -0.0874. The highest BCUT2D eigenvalue weighted by Gasteiger charge is 2.01. The second-order valence-electron chi connectivity index (χ2n) is 4.74. The molecule has 1 rings (SSSR count). The van der Waals surface area contributed by atoms with Crippen LogP contribution in [0.3, 0.4) is 0 Å². The summed E-state index contributed by atoms with van der Waals surface area (Å²) in [5, 5.41) is 8.93. The van der Waals surface area contributed by atoms with Gasteiger partial charge in [0.25, 0.3) is 0 Å². The fourth-order valence-corrected chi connectivity index (χ4v) is 1.72. The standard InChI is InChI=1S/C16H26N4O2.HI/c1-4-17-15(21)12-20-16(18-5-2)19-10-11-22-14-8-6-13(3)7-9-14;/h6-9H,4-5,10-12H2,1-3H3,(H,17,21)(H2,18,19,20);1H. The Kier molecular flexibility index (Phi) is 12.1. The lowest BCUT2D eigenvalue weighted by Crippen LogP contribution is -2.40. The summed E-state index contributed by atoms with van der Waals surface area (Å²) >= 11 is 0. The number of nitrogens with one attached hydrogen (secondary N) is 3. The van der Waals surface area contributed by atoms with Gasteiger partial charge in [0.2, 0.25) is 5.91 Å². The molecular weight excluding hydrogens is 407 g/mol. The molecule has 0 radical (unpaired) electrons. The summed E-state index contributed by atoms with van der Waals surface area (Å²) in [4.78, 5) is 15.6. The molecule has 0 atom stereocenters. The molecule has 1 aromatic carbocycles. The van der Waals surface area contributed by atoms with E-state index >= 15 is 0 Å². The number of likely N-dealkylation sites (N-methyl/N-ethyl adjacent to an activating group) is 1. The van der Waals surface area contributed by atoms with Gasteiger partial charge in [-0.3, -0.25) is 4.79 Å². The Morgan fingerprint density at radius 2 is 1.74 bits per heavy atom. The van der Waals surface area contributed by atoms with Gasteiger partial charge in [-0.2, -0.15) is 0 Å². The predicted octanol–water partition coefficient (Wildman–Crippen LogP) is 1.68. The Balaban J connectivity index is 0.00000484. The molecular formula is C16H27IN4O2. The Labute approximate surface area is 155 Å². The number of ether oxygens (including phenoxy) is 1. The van der Waals surface area contributed by atoms with Crippen molar-refractivity contribution in [2.75, 3.05) is 32.8 Å². The van der Waals surface area contributed by atoms with Gasteiger partial charge in [-0.15, -0.1) is 24.0 Å². The third-order valence-electron chi connectivity index (χ3n) is 2.78. The number of hydrogen-bond acceptors (Lipinski definition) is 3. The molecule has 0 aliphatic carbocycles. The minimum absolute atomic E-state index is 0. The summed E-state index contributed by atoms with van der Waals surface area (Å²) in [6, 6.07) is 7.93. The van der Waals surface area contributed by atoms with Gasteiger partial charge in [-0.25, -0.2) is 4.99 Å². The Morgan fingerprint density at radius 3 is 2.35 bits per heavy atom. The number of amides is 1. The lowest BCUT2D eigenvalue weighted by molar-refractivity contribution is -0.119. The highest BCUT2D eigenvalue weighted by Crippen LogP contribution is 2.10. The van der Waals surface area contributed by atoms with Crippen molar-refractivity contribution in [3.63, 3.8) is 0 Å². The van der Waals surface area contributed by atoms with Crippen LogP contribution in [0.5, 0.6) is 5.75 Å². The number of aliphatic imine (C=N–C) groups is 1. The Morgan fingerprint density at radius 1 is 1.09 bits per heavy atom. The number of rotatable bonds is 8. The maximum absolute atomic E-state index is 11.4. The molecule has 3 N–H and O–H groups in total. The molecule has 0 aliphatic heterocycles. The van der Waals surface area contributed by atoms with Crippen molar-refractivity contribution in [1.82, 2.24) is 16.0 Å². The third kappa shape index (κ3) is 9.98. The zero-order valence-electron chi connectivity index (χ0n) is 14.0. The van der Waals surface area contributed by atoms with E-state index in [0.29, 0.717) is 25.7 Å². The van der Waals surface area contributed by atoms with Crippen LogP contribution in [-0.2, 0) is 4.79 Å².